The Hall–Kier alpha value is -0.890. The lowest BCUT2D eigenvalue weighted by Crippen LogP contribution is -2.10. The summed E-state index contributed by atoms with van der Waals surface area (Å²) in [5.41, 5.74) is 1.15. The third-order valence-corrected chi connectivity index (χ3v) is 3.88. The van der Waals surface area contributed by atoms with Crippen LogP contribution in [-0.4, -0.2) is 5.78 Å². The molecule has 0 radical (unpaired) electrons. The molecule has 0 heterocycles. The molecule has 0 saturated heterocycles. The largest absolute Gasteiger partial charge is 0.299 e. The number of hydrogen-bond acceptors (Lipinski definition) is 1. The highest BCUT2D eigenvalue weighted by molar-refractivity contribution is 9.10. The van der Waals surface area contributed by atoms with Gasteiger partial charge in [0.1, 0.15) is 5.78 Å². The molecule has 0 aromatic heterocycles. The third kappa shape index (κ3) is 2.86. The number of Topliss-reactive ketones (excluding diaryl/α,β-unsaturated/α-hetero) is 1. The minimum atomic E-state index is 0.0749. The van der Waals surface area contributed by atoms with Crippen LogP contribution in [0.1, 0.15) is 37.7 Å². The number of carbonyl (C=O) groups excluding carboxylic acids is 1. The molecule has 0 unspecified atom stereocenters. The van der Waals surface area contributed by atoms with Crippen molar-refractivity contribution >= 4 is 21.7 Å². The second-order valence-electron chi connectivity index (χ2n) is 4.53. The molecule has 1 aliphatic rings. The van der Waals surface area contributed by atoms with Gasteiger partial charge in [-0.25, -0.2) is 0 Å². The van der Waals surface area contributed by atoms with Gasteiger partial charge in [-0.2, -0.15) is 0 Å². The van der Waals surface area contributed by atoms with Crippen molar-refractivity contribution in [3.05, 3.63) is 46.5 Å². The second-order valence-corrected chi connectivity index (χ2v) is 5.45. The van der Waals surface area contributed by atoms with Crippen LogP contribution in [0.4, 0.5) is 0 Å². The highest BCUT2D eigenvalue weighted by atomic mass is 79.9. The zero-order chi connectivity index (χ0) is 12.3. The maximum atomic E-state index is 12.0. The molecule has 17 heavy (non-hydrogen) atoms. The Balaban J connectivity index is 2.24. The van der Waals surface area contributed by atoms with Crippen molar-refractivity contribution in [1.29, 1.82) is 0 Å². The summed E-state index contributed by atoms with van der Waals surface area (Å²) in [6.07, 6.45) is 7.15. The molecule has 1 fully saturated rings. The number of ketones is 1. The summed E-state index contributed by atoms with van der Waals surface area (Å²) in [4.78, 5) is 12.0. The van der Waals surface area contributed by atoms with Gasteiger partial charge in [0.2, 0.25) is 0 Å². The molecule has 0 amide bonds. The molecular weight excluding hydrogens is 276 g/mol. The van der Waals surface area contributed by atoms with E-state index in [0.29, 0.717) is 11.7 Å². The smallest absolute Gasteiger partial charge is 0.140 e. The maximum Gasteiger partial charge on any atom is 0.140 e. The summed E-state index contributed by atoms with van der Waals surface area (Å²) in [7, 11) is 0. The third-order valence-electron chi connectivity index (χ3n) is 3.35. The number of halogens is 1. The Kier molecular flexibility index (Phi) is 4.16. The van der Waals surface area contributed by atoms with E-state index in [1.54, 1.807) is 0 Å². The summed E-state index contributed by atoms with van der Waals surface area (Å²) >= 11 is 3.43. The molecule has 0 bridgehead atoms. The molecular formula is C15H17BrO. The van der Waals surface area contributed by atoms with E-state index in [4.69, 9.17) is 0 Å². The van der Waals surface area contributed by atoms with Crippen molar-refractivity contribution in [2.45, 2.75) is 32.1 Å². The van der Waals surface area contributed by atoms with Crippen LogP contribution < -0.4 is 0 Å². The van der Waals surface area contributed by atoms with Crippen LogP contribution >= 0.6 is 15.9 Å². The van der Waals surface area contributed by atoms with E-state index in [1.165, 1.54) is 0 Å². The standard InChI is InChI=1S/C15H17BrO/c1-2-3-4-11-7-10-14(17)15(11)12-5-8-13(16)9-6-12/h3-6,8-9,11,15H,2,7,10H2,1H3/b4-3-/t11-,15-/m0/s1. The molecule has 1 saturated carbocycles. The topological polar surface area (TPSA) is 17.1 Å². The molecule has 1 nitrogen and oxygen atoms in total. The van der Waals surface area contributed by atoms with Gasteiger partial charge in [-0.3, -0.25) is 4.79 Å². The van der Waals surface area contributed by atoms with Crippen LogP contribution in [0.5, 0.6) is 0 Å². The first kappa shape index (κ1) is 12.6. The van der Waals surface area contributed by atoms with Gasteiger partial charge in [-0.1, -0.05) is 47.1 Å². The first-order chi connectivity index (χ1) is 8.22. The SMILES string of the molecule is CC/C=C\[C@H]1CCC(=O)[C@@H]1c1ccc(Br)cc1. The highest BCUT2D eigenvalue weighted by Crippen LogP contribution is 2.38. The monoisotopic (exact) mass is 292 g/mol. The van der Waals surface area contributed by atoms with Gasteiger partial charge in [-0.15, -0.1) is 0 Å². The van der Waals surface area contributed by atoms with E-state index >= 15 is 0 Å². The first-order valence-electron chi connectivity index (χ1n) is 6.17. The first-order valence-corrected chi connectivity index (χ1v) is 6.96. The molecule has 1 aromatic carbocycles. The quantitative estimate of drug-likeness (QED) is 0.751. The minimum absolute atomic E-state index is 0.0749. The van der Waals surface area contributed by atoms with E-state index in [-0.39, 0.29) is 5.92 Å². The van der Waals surface area contributed by atoms with E-state index in [1.807, 2.05) is 12.1 Å². The molecule has 0 spiro atoms. The fraction of sp³-hybridized carbons (Fsp3) is 0.400. The van der Waals surface area contributed by atoms with Crippen molar-refractivity contribution in [2.24, 2.45) is 5.92 Å². The van der Waals surface area contributed by atoms with Gasteiger partial charge in [-0.05, 0) is 36.5 Å². The van der Waals surface area contributed by atoms with Gasteiger partial charge < -0.3 is 0 Å². The van der Waals surface area contributed by atoms with E-state index in [0.717, 1.165) is 29.3 Å². The summed E-state index contributed by atoms with van der Waals surface area (Å²) < 4.78 is 1.06. The van der Waals surface area contributed by atoms with Crippen molar-refractivity contribution in [3.63, 3.8) is 0 Å². The minimum Gasteiger partial charge on any atom is -0.299 e. The predicted octanol–water partition coefficient (Wildman–Crippen LogP) is 4.48. The molecule has 0 N–H and O–H groups in total. The van der Waals surface area contributed by atoms with Crippen LogP contribution in [0.25, 0.3) is 0 Å². The van der Waals surface area contributed by atoms with Gasteiger partial charge in [0.15, 0.2) is 0 Å². The fourth-order valence-electron chi connectivity index (χ4n) is 2.49. The number of hydrogen-bond donors (Lipinski definition) is 0. The zero-order valence-corrected chi connectivity index (χ0v) is 11.6. The van der Waals surface area contributed by atoms with E-state index in [2.05, 4.69) is 47.1 Å². The predicted molar refractivity (Wildman–Crippen MR) is 74.0 cm³/mol. The normalized spacial score (nSPS) is 24.7. The molecule has 0 aliphatic heterocycles. The second kappa shape index (κ2) is 5.63. The van der Waals surface area contributed by atoms with Gasteiger partial charge in [0.25, 0.3) is 0 Å². The van der Waals surface area contributed by atoms with Crippen molar-refractivity contribution in [1.82, 2.24) is 0 Å². The number of benzene rings is 1. The zero-order valence-electron chi connectivity index (χ0n) is 10.0. The molecule has 90 valence electrons. The van der Waals surface area contributed by atoms with Crippen molar-refractivity contribution < 1.29 is 4.79 Å². The number of rotatable bonds is 3. The molecule has 1 aromatic rings. The Morgan fingerprint density at radius 2 is 2.06 bits per heavy atom. The lowest BCUT2D eigenvalue weighted by atomic mass is 9.88. The summed E-state index contributed by atoms with van der Waals surface area (Å²) in [5.74, 6) is 0.854. The van der Waals surface area contributed by atoms with Gasteiger partial charge >= 0.3 is 0 Å². The Morgan fingerprint density at radius 3 is 2.71 bits per heavy atom. The average molecular weight is 293 g/mol. The average Bonchev–Trinajstić information content (AvgIpc) is 2.69. The number of allylic oxidation sites excluding steroid dienone is 2. The number of carbonyl (C=O) groups is 1. The summed E-state index contributed by atoms with van der Waals surface area (Å²) in [5, 5.41) is 0. The molecule has 2 rings (SSSR count). The van der Waals surface area contributed by atoms with Gasteiger partial charge in [0.05, 0.1) is 0 Å². The molecule has 2 atom stereocenters. The fourth-order valence-corrected chi connectivity index (χ4v) is 2.76. The summed E-state index contributed by atoms with van der Waals surface area (Å²) in [6.45, 7) is 2.13. The Morgan fingerprint density at radius 1 is 1.35 bits per heavy atom. The van der Waals surface area contributed by atoms with Gasteiger partial charge in [0, 0.05) is 16.8 Å². The van der Waals surface area contributed by atoms with E-state index < -0.39 is 0 Å². The van der Waals surface area contributed by atoms with Crippen LogP contribution in [-0.2, 0) is 4.79 Å². The van der Waals surface area contributed by atoms with Crippen LogP contribution in [0.15, 0.2) is 40.9 Å². The molecule has 2 heteroatoms. The van der Waals surface area contributed by atoms with Crippen LogP contribution in [0, 0.1) is 5.92 Å². The maximum absolute atomic E-state index is 12.0. The van der Waals surface area contributed by atoms with Crippen LogP contribution in [0.3, 0.4) is 0 Å². The Bertz CT molecular complexity index is 419. The van der Waals surface area contributed by atoms with Crippen LogP contribution in [0.2, 0.25) is 0 Å². The highest BCUT2D eigenvalue weighted by Gasteiger charge is 2.33. The molecule has 1 aliphatic carbocycles. The lowest BCUT2D eigenvalue weighted by molar-refractivity contribution is -0.118. The Labute approximate surface area is 111 Å². The van der Waals surface area contributed by atoms with Crippen molar-refractivity contribution in [2.75, 3.05) is 0 Å². The van der Waals surface area contributed by atoms with E-state index in [9.17, 15) is 4.79 Å². The summed E-state index contributed by atoms with van der Waals surface area (Å²) in [6, 6.07) is 8.15. The lowest BCUT2D eigenvalue weighted by Gasteiger charge is -2.15. The van der Waals surface area contributed by atoms with Crippen molar-refractivity contribution in [3.8, 4) is 0 Å².